The lowest BCUT2D eigenvalue weighted by Gasteiger charge is -2.27. The van der Waals surface area contributed by atoms with Gasteiger partial charge in [-0.05, 0) is 17.7 Å². The van der Waals surface area contributed by atoms with E-state index in [4.69, 9.17) is 16.3 Å². The largest absolute Gasteiger partial charge is 0.378 e. The van der Waals surface area contributed by atoms with Gasteiger partial charge in [-0.15, -0.1) is 0 Å². The number of anilines is 2. The first-order valence-electron chi connectivity index (χ1n) is 6.96. The van der Waals surface area contributed by atoms with Crippen LogP contribution in [-0.2, 0) is 11.3 Å². The zero-order valence-corrected chi connectivity index (χ0v) is 12.4. The predicted molar refractivity (Wildman–Crippen MR) is 83.8 cm³/mol. The average molecular weight is 305 g/mol. The van der Waals surface area contributed by atoms with E-state index in [1.165, 1.54) is 0 Å². The molecule has 0 radical (unpaired) electrons. The summed E-state index contributed by atoms with van der Waals surface area (Å²) in [6, 6.07) is 9.67. The van der Waals surface area contributed by atoms with Gasteiger partial charge in [0.1, 0.15) is 5.82 Å². The van der Waals surface area contributed by atoms with Crippen LogP contribution in [0, 0.1) is 0 Å². The van der Waals surface area contributed by atoms with Gasteiger partial charge in [0.15, 0.2) is 0 Å². The lowest BCUT2D eigenvalue weighted by molar-refractivity contribution is 0.122. The molecule has 6 heteroatoms. The van der Waals surface area contributed by atoms with Crippen LogP contribution in [0.2, 0.25) is 5.02 Å². The fourth-order valence-corrected chi connectivity index (χ4v) is 2.42. The molecule has 2 aromatic rings. The molecule has 2 heterocycles. The van der Waals surface area contributed by atoms with Crippen molar-refractivity contribution in [3.05, 3.63) is 47.1 Å². The first kappa shape index (κ1) is 14.1. The molecule has 110 valence electrons. The highest BCUT2D eigenvalue weighted by Crippen LogP contribution is 2.17. The smallest absolute Gasteiger partial charge is 0.224 e. The number of aromatic nitrogens is 2. The maximum atomic E-state index is 6.14. The van der Waals surface area contributed by atoms with Gasteiger partial charge in [-0.3, -0.25) is 0 Å². The molecular formula is C15H17ClN4O. The molecule has 3 rings (SSSR count). The zero-order chi connectivity index (χ0) is 14.5. The number of halogens is 1. The molecule has 1 aliphatic rings. The third kappa shape index (κ3) is 3.62. The Morgan fingerprint density at radius 3 is 2.81 bits per heavy atom. The maximum Gasteiger partial charge on any atom is 0.224 e. The topological polar surface area (TPSA) is 50.3 Å². The monoisotopic (exact) mass is 304 g/mol. The Hall–Kier alpha value is -1.85. The van der Waals surface area contributed by atoms with E-state index >= 15 is 0 Å². The number of rotatable bonds is 4. The highest BCUT2D eigenvalue weighted by molar-refractivity contribution is 6.31. The zero-order valence-electron chi connectivity index (χ0n) is 11.6. The Bertz CT molecular complexity index is 602. The lowest BCUT2D eigenvalue weighted by Crippen LogP contribution is -2.36. The molecule has 1 saturated heterocycles. The summed E-state index contributed by atoms with van der Waals surface area (Å²) >= 11 is 6.14. The maximum absolute atomic E-state index is 6.14. The molecule has 5 nitrogen and oxygen atoms in total. The average Bonchev–Trinajstić information content (AvgIpc) is 2.55. The lowest BCUT2D eigenvalue weighted by atomic mass is 10.2. The molecule has 1 fully saturated rings. The van der Waals surface area contributed by atoms with E-state index in [2.05, 4.69) is 20.2 Å². The summed E-state index contributed by atoms with van der Waals surface area (Å²) < 4.78 is 5.35. The Morgan fingerprint density at radius 1 is 1.19 bits per heavy atom. The Labute approximate surface area is 128 Å². The number of nitrogens with one attached hydrogen (secondary N) is 1. The van der Waals surface area contributed by atoms with Gasteiger partial charge < -0.3 is 15.0 Å². The predicted octanol–water partition coefficient (Wildman–Crippen LogP) is 2.58. The van der Waals surface area contributed by atoms with E-state index in [0.29, 0.717) is 12.5 Å². The van der Waals surface area contributed by atoms with Crippen molar-refractivity contribution < 1.29 is 4.74 Å². The summed E-state index contributed by atoms with van der Waals surface area (Å²) in [6.45, 7) is 3.81. The van der Waals surface area contributed by atoms with Gasteiger partial charge in [-0.2, -0.15) is 4.98 Å². The van der Waals surface area contributed by atoms with Gasteiger partial charge in [0.2, 0.25) is 5.95 Å². The Kier molecular flexibility index (Phi) is 4.52. The highest BCUT2D eigenvalue weighted by atomic mass is 35.5. The number of hydrogen-bond acceptors (Lipinski definition) is 5. The van der Waals surface area contributed by atoms with Crippen molar-refractivity contribution in [2.24, 2.45) is 0 Å². The second kappa shape index (κ2) is 6.74. The first-order valence-corrected chi connectivity index (χ1v) is 7.34. The van der Waals surface area contributed by atoms with E-state index in [9.17, 15) is 0 Å². The van der Waals surface area contributed by atoms with Crippen LogP contribution in [0.4, 0.5) is 11.8 Å². The number of hydrogen-bond donors (Lipinski definition) is 1. The summed E-state index contributed by atoms with van der Waals surface area (Å²) in [5.74, 6) is 1.54. The summed E-state index contributed by atoms with van der Waals surface area (Å²) in [4.78, 5) is 11.0. The third-order valence-corrected chi connectivity index (χ3v) is 3.74. The van der Waals surface area contributed by atoms with E-state index in [-0.39, 0.29) is 0 Å². The molecule has 0 unspecified atom stereocenters. The van der Waals surface area contributed by atoms with Crippen LogP contribution in [-0.4, -0.2) is 36.3 Å². The van der Waals surface area contributed by atoms with Gasteiger partial charge >= 0.3 is 0 Å². The van der Waals surface area contributed by atoms with Crippen molar-refractivity contribution in [1.82, 2.24) is 9.97 Å². The van der Waals surface area contributed by atoms with Crippen LogP contribution in [0.25, 0.3) is 0 Å². The van der Waals surface area contributed by atoms with Crippen molar-refractivity contribution in [3.63, 3.8) is 0 Å². The fraction of sp³-hybridized carbons (Fsp3) is 0.333. The third-order valence-electron chi connectivity index (χ3n) is 3.37. The van der Waals surface area contributed by atoms with Crippen molar-refractivity contribution in [2.45, 2.75) is 6.54 Å². The summed E-state index contributed by atoms with van der Waals surface area (Å²) in [7, 11) is 0. The number of morpholine rings is 1. The molecule has 0 spiro atoms. The number of nitrogens with zero attached hydrogens (tertiary/aromatic N) is 3. The van der Waals surface area contributed by atoms with Crippen LogP contribution in [0.15, 0.2) is 36.5 Å². The number of benzene rings is 1. The van der Waals surface area contributed by atoms with Gasteiger partial charge in [0.25, 0.3) is 0 Å². The van der Waals surface area contributed by atoms with Gasteiger partial charge in [-0.1, -0.05) is 29.8 Å². The van der Waals surface area contributed by atoms with Crippen molar-refractivity contribution in [3.8, 4) is 0 Å². The summed E-state index contributed by atoms with van der Waals surface area (Å²) in [5, 5.41) is 3.96. The van der Waals surface area contributed by atoms with Crippen LogP contribution in [0.1, 0.15) is 5.56 Å². The van der Waals surface area contributed by atoms with Crippen molar-refractivity contribution >= 4 is 23.4 Å². The van der Waals surface area contributed by atoms with E-state index in [1.807, 2.05) is 30.3 Å². The molecule has 0 atom stereocenters. The molecule has 0 bridgehead atoms. The van der Waals surface area contributed by atoms with Gasteiger partial charge in [-0.25, -0.2) is 4.98 Å². The summed E-state index contributed by atoms with van der Waals surface area (Å²) in [5.41, 5.74) is 1.03. The highest BCUT2D eigenvalue weighted by Gasteiger charge is 2.13. The van der Waals surface area contributed by atoms with E-state index < -0.39 is 0 Å². The molecule has 1 N–H and O–H groups in total. The quantitative estimate of drug-likeness (QED) is 0.941. The fourth-order valence-electron chi connectivity index (χ4n) is 2.22. The molecule has 1 aromatic heterocycles. The molecule has 0 saturated carbocycles. The second-order valence-corrected chi connectivity index (χ2v) is 5.19. The van der Waals surface area contributed by atoms with Crippen LogP contribution < -0.4 is 10.2 Å². The van der Waals surface area contributed by atoms with Crippen LogP contribution >= 0.6 is 11.6 Å². The molecule has 0 amide bonds. The molecule has 21 heavy (non-hydrogen) atoms. The molecule has 1 aliphatic heterocycles. The van der Waals surface area contributed by atoms with E-state index in [1.54, 1.807) is 6.20 Å². The molecule has 1 aromatic carbocycles. The Balaban J connectivity index is 1.67. The molecule has 0 aliphatic carbocycles. The summed E-state index contributed by atoms with van der Waals surface area (Å²) in [6.07, 6.45) is 1.77. The number of ether oxygens (including phenoxy) is 1. The van der Waals surface area contributed by atoms with Crippen LogP contribution in [0.5, 0.6) is 0 Å². The molecular weight excluding hydrogens is 288 g/mol. The van der Waals surface area contributed by atoms with Crippen LogP contribution in [0.3, 0.4) is 0 Å². The minimum absolute atomic E-state index is 0.603. The van der Waals surface area contributed by atoms with Gasteiger partial charge in [0.05, 0.1) is 13.2 Å². The van der Waals surface area contributed by atoms with E-state index in [0.717, 1.165) is 42.7 Å². The van der Waals surface area contributed by atoms with Crippen molar-refractivity contribution in [1.29, 1.82) is 0 Å². The standard InChI is InChI=1S/C15H17ClN4O/c16-13-4-2-1-3-12(13)11-18-15-17-6-5-14(19-15)20-7-9-21-10-8-20/h1-6H,7-11H2,(H,17,18,19). The van der Waals surface area contributed by atoms with Gasteiger partial charge in [0, 0.05) is 30.9 Å². The minimum Gasteiger partial charge on any atom is -0.378 e. The Morgan fingerprint density at radius 2 is 2.00 bits per heavy atom. The van der Waals surface area contributed by atoms with Crippen molar-refractivity contribution in [2.75, 3.05) is 36.5 Å². The minimum atomic E-state index is 0.603. The first-order chi connectivity index (χ1) is 10.3. The normalized spacial score (nSPS) is 15.0. The SMILES string of the molecule is Clc1ccccc1CNc1nccc(N2CCOCC2)n1. The second-order valence-electron chi connectivity index (χ2n) is 4.78.